The van der Waals surface area contributed by atoms with E-state index in [1.807, 2.05) is 0 Å². The molecule has 2 unspecified atom stereocenters. The summed E-state index contributed by atoms with van der Waals surface area (Å²) < 4.78 is 11.5. The lowest BCUT2D eigenvalue weighted by atomic mass is 9.94. The molecule has 1 saturated carbocycles. The molecule has 0 aromatic rings. The third-order valence-electron chi connectivity index (χ3n) is 6.41. The van der Waals surface area contributed by atoms with E-state index in [2.05, 4.69) is 13.5 Å². The molecule has 0 amide bonds. The summed E-state index contributed by atoms with van der Waals surface area (Å²) in [5.41, 5.74) is 0. The monoisotopic (exact) mass is 422 g/mol. The summed E-state index contributed by atoms with van der Waals surface area (Å²) >= 11 is 0. The molecule has 0 radical (unpaired) electrons. The average Bonchev–Trinajstić information content (AvgIpc) is 2.76. The molecular weight excluding hydrogens is 372 g/mol. The number of carbonyl (C=O) groups is 1. The Balaban J connectivity index is 1.84. The Morgan fingerprint density at radius 3 is 1.63 bits per heavy atom. The molecule has 0 aromatic carbocycles. The van der Waals surface area contributed by atoms with Gasteiger partial charge in [0.25, 0.3) is 0 Å². The van der Waals surface area contributed by atoms with Gasteiger partial charge in [0.05, 0.1) is 6.10 Å². The van der Waals surface area contributed by atoms with Crippen molar-refractivity contribution in [3.05, 3.63) is 12.7 Å². The van der Waals surface area contributed by atoms with E-state index in [-0.39, 0.29) is 18.2 Å². The van der Waals surface area contributed by atoms with Crippen LogP contribution in [0.5, 0.6) is 0 Å². The van der Waals surface area contributed by atoms with Gasteiger partial charge >= 0.3 is 5.97 Å². The van der Waals surface area contributed by atoms with Gasteiger partial charge in [-0.3, -0.25) is 0 Å². The third-order valence-corrected chi connectivity index (χ3v) is 6.41. The molecule has 30 heavy (non-hydrogen) atoms. The predicted octanol–water partition coefficient (Wildman–Crippen LogP) is 8.30. The van der Waals surface area contributed by atoms with E-state index in [0.717, 1.165) is 32.3 Å². The van der Waals surface area contributed by atoms with Crippen molar-refractivity contribution in [2.75, 3.05) is 6.61 Å². The molecule has 0 N–H and O–H groups in total. The number of rotatable bonds is 20. The highest BCUT2D eigenvalue weighted by atomic mass is 16.6. The zero-order valence-electron chi connectivity index (χ0n) is 20.0. The molecule has 2 atom stereocenters. The molecule has 176 valence electrons. The van der Waals surface area contributed by atoms with Gasteiger partial charge in [-0.15, -0.1) is 0 Å². The van der Waals surface area contributed by atoms with E-state index in [9.17, 15) is 4.79 Å². The molecule has 3 heteroatoms. The van der Waals surface area contributed by atoms with Crippen LogP contribution >= 0.6 is 0 Å². The first-order valence-electron chi connectivity index (χ1n) is 13.2. The molecule has 0 aromatic heterocycles. The molecule has 1 rings (SSSR count). The number of carbonyl (C=O) groups excluding carboxylic acids is 1. The van der Waals surface area contributed by atoms with Gasteiger partial charge in [-0.25, -0.2) is 4.79 Å². The van der Waals surface area contributed by atoms with Gasteiger partial charge in [0.2, 0.25) is 0 Å². The minimum absolute atomic E-state index is 0.0784. The third kappa shape index (κ3) is 15.0. The van der Waals surface area contributed by atoms with Gasteiger partial charge in [-0.1, -0.05) is 116 Å². The van der Waals surface area contributed by atoms with Crippen molar-refractivity contribution in [2.45, 2.75) is 148 Å². The Morgan fingerprint density at radius 1 is 0.733 bits per heavy atom. The molecule has 1 aliphatic rings. The number of hydrogen-bond acceptors (Lipinski definition) is 3. The fraction of sp³-hybridized carbons (Fsp3) is 0.889. The van der Waals surface area contributed by atoms with Gasteiger partial charge in [0.1, 0.15) is 6.10 Å². The summed E-state index contributed by atoms with van der Waals surface area (Å²) in [6, 6.07) is 0. The molecule has 0 bridgehead atoms. The number of esters is 1. The lowest BCUT2D eigenvalue weighted by Gasteiger charge is -2.30. The first-order valence-corrected chi connectivity index (χ1v) is 13.2. The SMILES string of the molecule is C=CC(=O)OC1CCCCC1OCCCCCCCCCCCCCCCCCC. The summed E-state index contributed by atoms with van der Waals surface area (Å²) in [5, 5.41) is 0. The summed E-state index contributed by atoms with van der Waals surface area (Å²) in [5.74, 6) is -0.321. The summed E-state index contributed by atoms with van der Waals surface area (Å²) in [6.07, 6.45) is 27.6. The van der Waals surface area contributed by atoms with Crippen molar-refractivity contribution in [3.63, 3.8) is 0 Å². The number of hydrogen-bond donors (Lipinski definition) is 0. The van der Waals surface area contributed by atoms with Crippen LogP contribution in [0.4, 0.5) is 0 Å². The Morgan fingerprint density at radius 2 is 1.17 bits per heavy atom. The maximum atomic E-state index is 11.5. The smallest absolute Gasteiger partial charge is 0.330 e. The lowest BCUT2D eigenvalue weighted by Crippen LogP contribution is -2.36. The summed E-state index contributed by atoms with van der Waals surface area (Å²) in [6.45, 7) is 6.57. The largest absolute Gasteiger partial charge is 0.456 e. The van der Waals surface area contributed by atoms with Crippen molar-refractivity contribution < 1.29 is 14.3 Å². The van der Waals surface area contributed by atoms with Gasteiger partial charge in [-0.05, 0) is 25.7 Å². The number of unbranched alkanes of at least 4 members (excludes halogenated alkanes) is 15. The van der Waals surface area contributed by atoms with E-state index in [4.69, 9.17) is 9.47 Å². The maximum Gasteiger partial charge on any atom is 0.330 e. The molecule has 0 spiro atoms. The molecule has 0 saturated heterocycles. The van der Waals surface area contributed by atoms with Crippen molar-refractivity contribution in [1.29, 1.82) is 0 Å². The van der Waals surface area contributed by atoms with Gasteiger partial charge in [-0.2, -0.15) is 0 Å². The van der Waals surface area contributed by atoms with E-state index < -0.39 is 0 Å². The summed E-state index contributed by atoms with van der Waals surface area (Å²) in [7, 11) is 0. The summed E-state index contributed by atoms with van der Waals surface area (Å²) in [4.78, 5) is 11.5. The highest BCUT2D eigenvalue weighted by Crippen LogP contribution is 2.24. The predicted molar refractivity (Wildman–Crippen MR) is 128 cm³/mol. The minimum atomic E-state index is -0.321. The standard InChI is InChI=1S/C27H50O3/c1-3-5-6-7-8-9-10-11-12-13-14-15-16-17-18-21-24-29-25-22-19-20-23-26(25)30-27(28)4-2/h4,25-26H,2-3,5-24H2,1H3. The maximum absolute atomic E-state index is 11.5. The molecule has 3 nitrogen and oxygen atoms in total. The average molecular weight is 423 g/mol. The first kappa shape index (κ1) is 27.2. The highest BCUT2D eigenvalue weighted by molar-refractivity contribution is 5.81. The zero-order valence-corrected chi connectivity index (χ0v) is 20.0. The molecule has 0 aliphatic heterocycles. The Hall–Kier alpha value is -0.830. The quantitative estimate of drug-likeness (QED) is 0.112. The second kappa shape index (κ2) is 20.1. The van der Waals surface area contributed by atoms with Gasteiger partial charge in [0.15, 0.2) is 0 Å². The fourth-order valence-electron chi connectivity index (χ4n) is 4.47. The minimum Gasteiger partial charge on any atom is -0.456 e. The second-order valence-corrected chi connectivity index (χ2v) is 9.18. The van der Waals surface area contributed by atoms with Crippen LogP contribution in [0.25, 0.3) is 0 Å². The molecule has 0 heterocycles. The Kier molecular flexibility index (Phi) is 18.2. The van der Waals surface area contributed by atoms with Crippen LogP contribution in [0.3, 0.4) is 0 Å². The topological polar surface area (TPSA) is 35.5 Å². The Labute approximate surface area is 187 Å². The first-order chi connectivity index (χ1) is 14.8. The van der Waals surface area contributed by atoms with Gasteiger partial charge < -0.3 is 9.47 Å². The van der Waals surface area contributed by atoms with Crippen LogP contribution in [-0.2, 0) is 14.3 Å². The van der Waals surface area contributed by atoms with Crippen molar-refractivity contribution >= 4 is 5.97 Å². The lowest BCUT2D eigenvalue weighted by molar-refractivity contribution is -0.155. The fourth-order valence-corrected chi connectivity index (χ4v) is 4.47. The second-order valence-electron chi connectivity index (χ2n) is 9.18. The molecular formula is C27H50O3. The molecule has 1 aliphatic carbocycles. The zero-order chi connectivity index (χ0) is 21.7. The molecule has 1 fully saturated rings. The van der Waals surface area contributed by atoms with Gasteiger partial charge in [0, 0.05) is 12.7 Å². The van der Waals surface area contributed by atoms with Crippen molar-refractivity contribution in [3.8, 4) is 0 Å². The van der Waals surface area contributed by atoms with Crippen LogP contribution in [-0.4, -0.2) is 24.8 Å². The van der Waals surface area contributed by atoms with E-state index in [0.29, 0.717) is 0 Å². The van der Waals surface area contributed by atoms with E-state index in [1.165, 1.54) is 109 Å². The number of ether oxygens (including phenoxy) is 2. The van der Waals surface area contributed by atoms with Crippen LogP contribution in [0, 0.1) is 0 Å². The van der Waals surface area contributed by atoms with E-state index >= 15 is 0 Å². The van der Waals surface area contributed by atoms with E-state index in [1.54, 1.807) is 0 Å². The van der Waals surface area contributed by atoms with Crippen LogP contribution in [0.15, 0.2) is 12.7 Å². The Bertz CT molecular complexity index is 407. The van der Waals surface area contributed by atoms with Crippen LogP contribution in [0.1, 0.15) is 135 Å². The normalized spacial score (nSPS) is 19.0. The highest BCUT2D eigenvalue weighted by Gasteiger charge is 2.28. The van der Waals surface area contributed by atoms with Crippen molar-refractivity contribution in [2.24, 2.45) is 0 Å². The van der Waals surface area contributed by atoms with Crippen LogP contribution in [0.2, 0.25) is 0 Å². The van der Waals surface area contributed by atoms with Crippen molar-refractivity contribution in [1.82, 2.24) is 0 Å². The van der Waals surface area contributed by atoms with Crippen LogP contribution < -0.4 is 0 Å².